The van der Waals surface area contributed by atoms with E-state index in [4.69, 9.17) is 5.73 Å². The number of rotatable bonds is 6. The van der Waals surface area contributed by atoms with Gasteiger partial charge in [-0.25, -0.2) is 4.39 Å². The zero-order chi connectivity index (χ0) is 17.1. The van der Waals surface area contributed by atoms with Crippen LogP contribution in [-0.2, 0) is 16.0 Å². The summed E-state index contributed by atoms with van der Waals surface area (Å²) < 4.78 is 13.6. The van der Waals surface area contributed by atoms with Gasteiger partial charge in [-0.2, -0.15) is 0 Å². The van der Waals surface area contributed by atoms with E-state index in [1.54, 1.807) is 23.1 Å². The first-order valence-electron chi connectivity index (χ1n) is 8.60. The molecule has 1 aromatic rings. The smallest absolute Gasteiger partial charge is 0.224 e. The Labute approximate surface area is 141 Å². The molecule has 3 N–H and O–H groups in total. The minimum Gasteiger partial charge on any atom is -0.351 e. The molecule has 2 fully saturated rings. The van der Waals surface area contributed by atoms with Crippen molar-refractivity contribution in [1.82, 2.24) is 10.2 Å². The molecular formula is C18H24FN3O2. The van der Waals surface area contributed by atoms with Crippen LogP contribution < -0.4 is 11.1 Å². The summed E-state index contributed by atoms with van der Waals surface area (Å²) in [5, 5.41) is 3.01. The van der Waals surface area contributed by atoms with Gasteiger partial charge < -0.3 is 16.0 Å². The van der Waals surface area contributed by atoms with Crippen LogP contribution in [0.3, 0.4) is 0 Å². The van der Waals surface area contributed by atoms with Crippen LogP contribution in [0.5, 0.6) is 0 Å². The second-order valence-electron chi connectivity index (χ2n) is 6.87. The van der Waals surface area contributed by atoms with Crippen molar-refractivity contribution < 1.29 is 14.0 Å². The first-order valence-corrected chi connectivity index (χ1v) is 8.60. The summed E-state index contributed by atoms with van der Waals surface area (Å²) >= 11 is 0. The Morgan fingerprint density at radius 2 is 2.04 bits per heavy atom. The van der Waals surface area contributed by atoms with E-state index in [1.165, 1.54) is 6.07 Å². The first-order chi connectivity index (χ1) is 11.5. The Bertz CT molecular complexity index is 618. The zero-order valence-corrected chi connectivity index (χ0v) is 13.7. The molecule has 24 heavy (non-hydrogen) atoms. The van der Waals surface area contributed by atoms with Crippen molar-refractivity contribution in [3.05, 3.63) is 35.6 Å². The lowest BCUT2D eigenvalue weighted by Crippen LogP contribution is -2.40. The van der Waals surface area contributed by atoms with Crippen LogP contribution in [0.4, 0.5) is 4.39 Å². The molecule has 5 nitrogen and oxygen atoms in total. The number of likely N-dealkylation sites (tertiary alicyclic amines) is 1. The van der Waals surface area contributed by atoms with Gasteiger partial charge in [0.2, 0.25) is 11.8 Å². The van der Waals surface area contributed by atoms with Crippen LogP contribution in [0.15, 0.2) is 24.3 Å². The number of amides is 2. The predicted molar refractivity (Wildman–Crippen MR) is 88.5 cm³/mol. The molecule has 0 bridgehead atoms. The maximum Gasteiger partial charge on any atom is 0.224 e. The molecule has 1 saturated heterocycles. The average molecular weight is 333 g/mol. The highest BCUT2D eigenvalue weighted by molar-refractivity contribution is 5.81. The maximum atomic E-state index is 13.6. The maximum absolute atomic E-state index is 13.6. The number of halogens is 1. The topological polar surface area (TPSA) is 75.4 Å². The molecule has 3 rings (SSSR count). The highest BCUT2D eigenvalue weighted by Gasteiger charge is 2.33. The molecule has 2 amide bonds. The fourth-order valence-corrected chi connectivity index (χ4v) is 3.14. The fourth-order valence-electron chi connectivity index (χ4n) is 3.14. The van der Waals surface area contributed by atoms with Gasteiger partial charge in [0.1, 0.15) is 5.82 Å². The van der Waals surface area contributed by atoms with Crippen molar-refractivity contribution in [2.45, 2.75) is 44.2 Å². The molecule has 6 heteroatoms. The van der Waals surface area contributed by atoms with Crippen molar-refractivity contribution in [3.63, 3.8) is 0 Å². The van der Waals surface area contributed by atoms with Gasteiger partial charge in [-0.05, 0) is 37.3 Å². The molecule has 2 aliphatic rings. The third-order valence-electron chi connectivity index (χ3n) is 4.71. The molecule has 1 saturated carbocycles. The van der Waals surface area contributed by atoms with E-state index in [2.05, 4.69) is 5.32 Å². The van der Waals surface area contributed by atoms with Crippen LogP contribution in [0.2, 0.25) is 0 Å². The quantitative estimate of drug-likeness (QED) is 0.822. The largest absolute Gasteiger partial charge is 0.351 e. The van der Waals surface area contributed by atoms with E-state index < -0.39 is 6.04 Å². The molecule has 0 aromatic heterocycles. The van der Waals surface area contributed by atoms with Gasteiger partial charge in [0.25, 0.3) is 0 Å². The Hall–Kier alpha value is -1.95. The van der Waals surface area contributed by atoms with E-state index in [0.29, 0.717) is 25.1 Å². The van der Waals surface area contributed by atoms with Gasteiger partial charge in [-0.3, -0.25) is 9.59 Å². The van der Waals surface area contributed by atoms with Crippen molar-refractivity contribution in [1.29, 1.82) is 0 Å². The summed E-state index contributed by atoms with van der Waals surface area (Å²) in [4.78, 5) is 25.9. The first kappa shape index (κ1) is 16.9. The van der Waals surface area contributed by atoms with E-state index >= 15 is 0 Å². The average Bonchev–Trinajstić information content (AvgIpc) is 3.29. The number of hydrogen-bond acceptors (Lipinski definition) is 3. The van der Waals surface area contributed by atoms with E-state index in [-0.39, 0.29) is 36.0 Å². The molecule has 130 valence electrons. The number of nitrogens with one attached hydrogen (secondary N) is 1. The number of hydrogen-bond donors (Lipinski definition) is 2. The number of carbonyl (C=O) groups is 2. The van der Waals surface area contributed by atoms with Crippen LogP contribution in [-0.4, -0.2) is 41.9 Å². The fraction of sp³-hybridized carbons (Fsp3) is 0.556. The van der Waals surface area contributed by atoms with Gasteiger partial charge in [-0.1, -0.05) is 18.2 Å². The normalized spacial score (nSPS) is 21.6. The molecule has 1 aliphatic heterocycles. The van der Waals surface area contributed by atoms with Crippen LogP contribution in [0.1, 0.15) is 31.2 Å². The molecule has 0 unspecified atom stereocenters. The number of carbonyl (C=O) groups excluding carboxylic acids is 2. The molecule has 0 spiro atoms. The molecular weight excluding hydrogens is 309 g/mol. The number of nitrogens with two attached hydrogens (primary N) is 1. The molecule has 1 heterocycles. The minimum atomic E-state index is -0.408. The molecule has 1 aliphatic carbocycles. The SMILES string of the molecule is N[C@@H](CC(=O)N1CC[C@H](NC(=O)C2CC2)C1)Cc1ccccc1F. The van der Waals surface area contributed by atoms with Gasteiger partial charge in [-0.15, -0.1) is 0 Å². The van der Waals surface area contributed by atoms with Crippen molar-refractivity contribution in [3.8, 4) is 0 Å². The zero-order valence-electron chi connectivity index (χ0n) is 13.7. The van der Waals surface area contributed by atoms with E-state index in [9.17, 15) is 14.0 Å². The lowest BCUT2D eigenvalue weighted by molar-refractivity contribution is -0.131. The molecule has 0 radical (unpaired) electrons. The summed E-state index contributed by atoms with van der Waals surface area (Å²) in [6, 6.07) is 6.13. The second-order valence-corrected chi connectivity index (χ2v) is 6.87. The standard InChI is InChI=1S/C18H24FN3O2/c19-16-4-2-1-3-13(16)9-14(20)10-17(23)22-8-7-15(11-22)21-18(24)12-5-6-12/h1-4,12,14-15H,5-11,20H2,(H,21,24)/t14-,15+/m1/s1. The second kappa shape index (κ2) is 7.30. The van der Waals surface area contributed by atoms with Crippen molar-refractivity contribution in [2.24, 2.45) is 11.7 Å². The molecule has 1 aromatic carbocycles. The Balaban J connectivity index is 1.44. The van der Waals surface area contributed by atoms with E-state index in [0.717, 1.165) is 19.3 Å². The lowest BCUT2D eigenvalue weighted by Gasteiger charge is -2.19. The summed E-state index contributed by atoms with van der Waals surface area (Å²) in [6.45, 7) is 1.19. The monoisotopic (exact) mass is 333 g/mol. The highest BCUT2D eigenvalue weighted by atomic mass is 19.1. The summed E-state index contributed by atoms with van der Waals surface area (Å²) in [6.07, 6.45) is 3.27. The van der Waals surface area contributed by atoms with Crippen LogP contribution in [0.25, 0.3) is 0 Å². The summed E-state index contributed by atoms with van der Waals surface area (Å²) in [7, 11) is 0. The summed E-state index contributed by atoms with van der Waals surface area (Å²) in [5.74, 6) is -0.0130. The third-order valence-corrected chi connectivity index (χ3v) is 4.71. The highest BCUT2D eigenvalue weighted by Crippen LogP contribution is 2.29. The Morgan fingerprint density at radius 1 is 1.29 bits per heavy atom. The number of benzene rings is 1. The van der Waals surface area contributed by atoms with Gasteiger partial charge in [0, 0.05) is 37.5 Å². The van der Waals surface area contributed by atoms with Crippen molar-refractivity contribution >= 4 is 11.8 Å². The van der Waals surface area contributed by atoms with Crippen LogP contribution in [0, 0.1) is 11.7 Å². The van der Waals surface area contributed by atoms with E-state index in [1.807, 2.05) is 0 Å². The van der Waals surface area contributed by atoms with Gasteiger partial charge >= 0.3 is 0 Å². The summed E-state index contributed by atoms with van der Waals surface area (Å²) in [5.41, 5.74) is 6.56. The Kier molecular flexibility index (Phi) is 5.14. The minimum absolute atomic E-state index is 0.0259. The third kappa shape index (κ3) is 4.32. The number of nitrogens with zero attached hydrogens (tertiary/aromatic N) is 1. The van der Waals surface area contributed by atoms with Crippen LogP contribution >= 0.6 is 0 Å². The predicted octanol–water partition coefficient (Wildman–Crippen LogP) is 1.21. The lowest BCUT2D eigenvalue weighted by atomic mass is 10.0. The Morgan fingerprint density at radius 3 is 2.75 bits per heavy atom. The molecule has 2 atom stereocenters. The van der Waals surface area contributed by atoms with Gasteiger partial charge in [0.15, 0.2) is 0 Å². The van der Waals surface area contributed by atoms with Gasteiger partial charge in [0.05, 0.1) is 0 Å². The van der Waals surface area contributed by atoms with Crippen molar-refractivity contribution in [2.75, 3.05) is 13.1 Å².